The first-order valence-corrected chi connectivity index (χ1v) is 17.8. The second-order valence-electron chi connectivity index (χ2n) is 11.4. The third-order valence-electron chi connectivity index (χ3n) is 8.59. The van der Waals surface area contributed by atoms with Gasteiger partial charge in [0.25, 0.3) is 0 Å². The van der Waals surface area contributed by atoms with Gasteiger partial charge < -0.3 is 0 Å². The van der Waals surface area contributed by atoms with Crippen molar-refractivity contribution in [1.29, 1.82) is 0 Å². The zero-order chi connectivity index (χ0) is 30.9. The SMILES string of the molecule is c1ccc(-c2nc(-c3cccc4sc5ccccc5c34)nc(-c3cccc4sc5cc(-c6nc7ccccc7s6)ccc5c34)n2)cc1. The summed E-state index contributed by atoms with van der Waals surface area (Å²) in [6.45, 7) is 0. The van der Waals surface area contributed by atoms with E-state index in [2.05, 4.69) is 109 Å². The Balaban J connectivity index is 1.20. The Labute approximate surface area is 281 Å². The maximum Gasteiger partial charge on any atom is 0.164 e. The van der Waals surface area contributed by atoms with Crippen LogP contribution in [0.5, 0.6) is 0 Å². The smallest absolute Gasteiger partial charge is 0.164 e. The highest BCUT2D eigenvalue weighted by Gasteiger charge is 2.19. The van der Waals surface area contributed by atoms with Gasteiger partial charge >= 0.3 is 0 Å². The number of hydrogen-bond donors (Lipinski definition) is 0. The van der Waals surface area contributed by atoms with Crippen LogP contribution in [0.3, 0.4) is 0 Å². The zero-order valence-corrected chi connectivity index (χ0v) is 27.2. The fraction of sp³-hybridized carbons (Fsp3) is 0. The molecule has 4 nitrogen and oxygen atoms in total. The topological polar surface area (TPSA) is 51.6 Å². The van der Waals surface area contributed by atoms with E-state index >= 15 is 0 Å². The highest BCUT2D eigenvalue weighted by molar-refractivity contribution is 7.26. The highest BCUT2D eigenvalue weighted by Crippen LogP contribution is 2.43. The van der Waals surface area contributed by atoms with E-state index < -0.39 is 0 Å². The van der Waals surface area contributed by atoms with Gasteiger partial charge in [0.1, 0.15) is 5.01 Å². The van der Waals surface area contributed by atoms with E-state index in [1.54, 1.807) is 34.0 Å². The molecule has 0 fully saturated rings. The zero-order valence-electron chi connectivity index (χ0n) is 24.7. The quantitative estimate of drug-likeness (QED) is 0.189. The summed E-state index contributed by atoms with van der Waals surface area (Å²) in [6, 6.07) is 46.7. The standard InChI is InChI=1S/C40H22N4S3/c1-2-10-23(11-3-1)37-42-38(27-13-8-18-32-35(27)25-12-4-6-16-30(25)45-32)44-39(43-37)28-14-9-19-33-36(28)26-21-20-24(22-34(26)46-33)40-41-29-15-5-7-17-31(29)47-40/h1-22H. The number of rotatable bonds is 4. The number of thiophene rings is 2. The van der Waals surface area contributed by atoms with Gasteiger partial charge in [0.05, 0.1) is 10.2 Å². The largest absolute Gasteiger partial charge is 0.236 e. The molecule has 0 saturated carbocycles. The van der Waals surface area contributed by atoms with Crippen molar-refractivity contribution in [3.63, 3.8) is 0 Å². The van der Waals surface area contributed by atoms with Crippen LogP contribution in [0.2, 0.25) is 0 Å². The number of aromatic nitrogens is 4. The molecule has 4 heterocycles. The summed E-state index contributed by atoms with van der Waals surface area (Å²) in [5, 5.41) is 5.81. The third-order valence-corrected chi connectivity index (χ3v) is 11.9. The van der Waals surface area contributed by atoms with Crippen LogP contribution < -0.4 is 0 Å². The lowest BCUT2D eigenvalue weighted by Gasteiger charge is -2.10. The average Bonchev–Trinajstić information content (AvgIpc) is 3.84. The van der Waals surface area contributed by atoms with Crippen molar-refractivity contribution in [2.24, 2.45) is 0 Å². The number of para-hydroxylation sites is 1. The van der Waals surface area contributed by atoms with Crippen LogP contribution >= 0.6 is 34.0 Å². The van der Waals surface area contributed by atoms with Gasteiger partial charge in [0, 0.05) is 62.6 Å². The van der Waals surface area contributed by atoms with Crippen LogP contribution in [0.25, 0.3) is 95.3 Å². The minimum Gasteiger partial charge on any atom is -0.236 e. The van der Waals surface area contributed by atoms with Crippen LogP contribution in [-0.4, -0.2) is 19.9 Å². The second kappa shape index (κ2) is 10.6. The molecular weight excluding hydrogens is 633 g/mol. The van der Waals surface area contributed by atoms with Crippen molar-refractivity contribution in [2.75, 3.05) is 0 Å². The predicted octanol–water partition coefficient (Wildman–Crippen LogP) is 11.9. The van der Waals surface area contributed by atoms with Crippen molar-refractivity contribution < 1.29 is 0 Å². The van der Waals surface area contributed by atoms with E-state index in [0.717, 1.165) is 32.8 Å². The Hall–Kier alpha value is -5.34. The summed E-state index contributed by atoms with van der Waals surface area (Å²) < 4.78 is 6.10. The number of nitrogens with zero attached hydrogens (tertiary/aromatic N) is 4. The minimum absolute atomic E-state index is 0.664. The van der Waals surface area contributed by atoms with E-state index in [1.807, 2.05) is 24.3 Å². The summed E-state index contributed by atoms with van der Waals surface area (Å²) in [7, 11) is 0. The minimum atomic E-state index is 0.664. The molecule has 0 N–H and O–H groups in total. The van der Waals surface area contributed by atoms with Crippen LogP contribution in [0, 0.1) is 0 Å². The molecular formula is C40H22N4S3. The summed E-state index contributed by atoms with van der Waals surface area (Å²) >= 11 is 5.34. The van der Waals surface area contributed by atoms with Crippen molar-refractivity contribution >= 4 is 84.6 Å². The van der Waals surface area contributed by atoms with Crippen LogP contribution in [0.15, 0.2) is 133 Å². The highest BCUT2D eigenvalue weighted by atomic mass is 32.1. The van der Waals surface area contributed by atoms with E-state index in [1.165, 1.54) is 45.0 Å². The fourth-order valence-electron chi connectivity index (χ4n) is 6.43. The molecule has 10 rings (SSSR count). The number of thiazole rings is 1. The summed E-state index contributed by atoms with van der Waals surface area (Å²) in [5.41, 5.74) is 5.16. The maximum atomic E-state index is 5.24. The Morgan fingerprint density at radius 2 is 0.957 bits per heavy atom. The molecule has 0 saturated heterocycles. The van der Waals surface area contributed by atoms with Gasteiger partial charge in [-0.05, 0) is 36.4 Å². The molecule has 0 aliphatic rings. The second-order valence-corrected chi connectivity index (χ2v) is 14.6. The number of hydrogen-bond acceptors (Lipinski definition) is 7. The molecule has 0 radical (unpaired) electrons. The molecule has 10 aromatic rings. The lowest BCUT2D eigenvalue weighted by Crippen LogP contribution is -2.00. The van der Waals surface area contributed by atoms with E-state index in [4.69, 9.17) is 19.9 Å². The number of fused-ring (bicyclic) bond motifs is 7. The monoisotopic (exact) mass is 654 g/mol. The first-order valence-electron chi connectivity index (χ1n) is 15.3. The van der Waals surface area contributed by atoms with E-state index in [9.17, 15) is 0 Å². The lowest BCUT2D eigenvalue weighted by molar-refractivity contribution is 1.08. The molecule has 7 heteroatoms. The van der Waals surface area contributed by atoms with Crippen LogP contribution in [-0.2, 0) is 0 Å². The van der Waals surface area contributed by atoms with Gasteiger partial charge in [-0.15, -0.1) is 34.0 Å². The van der Waals surface area contributed by atoms with E-state index in [0.29, 0.717) is 17.5 Å². The van der Waals surface area contributed by atoms with Gasteiger partial charge in [-0.1, -0.05) is 97.1 Å². The van der Waals surface area contributed by atoms with Gasteiger partial charge in [0.2, 0.25) is 0 Å². The van der Waals surface area contributed by atoms with E-state index in [-0.39, 0.29) is 0 Å². The molecule has 4 aromatic heterocycles. The van der Waals surface area contributed by atoms with Gasteiger partial charge in [-0.2, -0.15) is 0 Å². The average molecular weight is 655 g/mol. The van der Waals surface area contributed by atoms with Crippen molar-refractivity contribution in [2.45, 2.75) is 0 Å². The Bertz CT molecular complexity index is 2780. The van der Waals surface area contributed by atoms with Crippen LogP contribution in [0.4, 0.5) is 0 Å². The molecule has 0 amide bonds. The van der Waals surface area contributed by atoms with Gasteiger partial charge in [0.15, 0.2) is 17.5 Å². The predicted molar refractivity (Wildman–Crippen MR) is 201 cm³/mol. The van der Waals surface area contributed by atoms with Crippen molar-refractivity contribution in [3.05, 3.63) is 133 Å². The molecule has 0 aliphatic carbocycles. The maximum absolute atomic E-state index is 5.24. The first-order chi connectivity index (χ1) is 23.3. The third kappa shape index (κ3) is 4.39. The molecule has 0 spiro atoms. The summed E-state index contributed by atoms with van der Waals surface area (Å²) in [5.74, 6) is 2.01. The first kappa shape index (κ1) is 26.8. The molecule has 220 valence electrons. The molecule has 0 aliphatic heterocycles. The summed E-state index contributed by atoms with van der Waals surface area (Å²) in [4.78, 5) is 20.4. The van der Waals surface area contributed by atoms with Gasteiger partial charge in [-0.3, -0.25) is 0 Å². The Morgan fingerprint density at radius 1 is 0.362 bits per heavy atom. The van der Waals surface area contributed by atoms with Crippen molar-refractivity contribution in [3.8, 4) is 44.7 Å². The Morgan fingerprint density at radius 3 is 1.70 bits per heavy atom. The molecule has 47 heavy (non-hydrogen) atoms. The molecule has 0 unspecified atom stereocenters. The van der Waals surface area contributed by atoms with Crippen LogP contribution in [0.1, 0.15) is 0 Å². The molecule has 0 bridgehead atoms. The Kier molecular flexibility index (Phi) is 6.05. The number of benzene rings is 6. The van der Waals surface area contributed by atoms with Crippen molar-refractivity contribution in [1.82, 2.24) is 19.9 Å². The normalized spacial score (nSPS) is 11.8. The lowest BCUT2D eigenvalue weighted by atomic mass is 10.0. The molecule has 0 atom stereocenters. The summed E-state index contributed by atoms with van der Waals surface area (Å²) in [6.07, 6.45) is 0. The fourth-order valence-corrected chi connectivity index (χ4v) is 9.70. The molecule has 6 aromatic carbocycles. The van der Waals surface area contributed by atoms with Gasteiger partial charge in [-0.25, -0.2) is 19.9 Å².